The molecular weight excluding hydrogens is 459 g/mol. The van der Waals surface area contributed by atoms with Crippen LogP contribution in [0.1, 0.15) is 24.0 Å². The second-order valence-electron chi connectivity index (χ2n) is 8.68. The Morgan fingerprint density at radius 2 is 1.91 bits per heavy atom. The number of nitrogen functional groups attached to an aromatic ring is 1. The fourth-order valence-electron chi connectivity index (χ4n) is 4.11. The number of nitrogens with two attached hydrogens (primary N) is 1. The number of rotatable bonds is 9. The quantitative estimate of drug-likeness (QED) is 0.437. The number of nitrogens with one attached hydrogen (secondary N) is 1. The van der Waals surface area contributed by atoms with Crippen LogP contribution in [0.5, 0.6) is 0 Å². The van der Waals surface area contributed by atoms with E-state index in [0.717, 1.165) is 49.3 Å². The number of alkyl halides is 3. The van der Waals surface area contributed by atoms with Gasteiger partial charge in [-0.3, -0.25) is 0 Å². The Hall–Kier alpha value is -3.34. The molecule has 1 aliphatic heterocycles. The van der Waals surface area contributed by atoms with Gasteiger partial charge in [0.15, 0.2) is 0 Å². The number of ether oxygens (including phenoxy) is 1. The lowest BCUT2D eigenvalue weighted by atomic mass is 10.1. The molecule has 3 heterocycles. The van der Waals surface area contributed by atoms with Crippen LogP contribution in [0.3, 0.4) is 0 Å². The Balaban J connectivity index is 1.60. The summed E-state index contributed by atoms with van der Waals surface area (Å²) in [4.78, 5) is 18.1. The van der Waals surface area contributed by atoms with Crippen molar-refractivity contribution in [1.29, 1.82) is 0 Å². The van der Waals surface area contributed by atoms with E-state index in [1.54, 1.807) is 19.4 Å². The van der Waals surface area contributed by atoms with Crippen LogP contribution >= 0.6 is 0 Å². The van der Waals surface area contributed by atoms with E-state index in [1.807, 2.05) is 18.0 Å². The van der Waals surface area contributed by atoms with E-state index in [4.69, 9.17) is 15.5 Å². The smallest absolute Gasteiger partial charge is 0.399 e. The van der Waals surface area contributed by atoms with Gasteiger partial charge in [0.05, 0.1) is 23.9 Å². The van der Waals surface area contributed by atoms with Gasteiger partial charge in [0.25, 0.3) is 0 Å². The largest absolute Gasteiger partial charge is 0.416 e. The highest BCUT2D eigenvalue weighted by molar-refractivity contribution is 5.91. The minimum atomic E-state index is -4.44. The first-order valence-corrected chi connectivity index (χ1v) is 11.6. The molecule has 0 aliphatic carbocycles. The number of fused-ring (bicyclic) bond motifs is 1. The third kappa shape index (κ3) is 6.02. The van der Waals surface area contributed by atoms with Gasteiger partial charge in [-0.2, -0.15) is 18.2 Å². The number of halogens is 3. The fraction of sp³-hybridized carbons (Fsp3) is 0.458. The van der Waals surface area contributed by atoms with Crippen LogP contribution in [0.2, 0.25) is 0 Å². The number of hydrogen-bond acceptors (Lipinski definition) is 8. The summed E-state index contributed by atoms with van der Waals surface area (Å²) in [5.41, 5.74) is 6.24. The van der Waals surface area contributed by atoms with Crippen molar-refractivity contribution in [1.82, 2.24) is 15.0 Å². The Morgan fingerprint density at radius 1 is 1.14 bits per heavy atom. The molecule has 35 heavy (non-hydrogen) atoms. The molecule has 4 rings (SSSR count). The van der Waals surface area contributed by atoms with Crippen molar-refractivity contribution >= 4 is 34.2 Å². The number of methoxy groups -OCH3 is 1. The molecule has 1 fully saturated rings. The Bertz CT molecular complexity index is 1170. The lowest BCUT2D eigenvalue weighted by Crippen LogP contribution is -2.25. The molecule has 8 nitrogen and oxygen atoms in total. The monoisotopic (exact) mass is 489 g/mol. The average molecular weight is 490 g/mol. The molecule has 0 bridgehead atoms. The van der Waals surface area contributed by atoms with Gasteiger partial charge >= 0.3 is 6.18 Å². The van der Waals surface area contributed by atoms with Crippen LogP contribution in [-0.2, 0) is 17.3 Å². The van der Waals surface area contributed by atoms with Gasteiger partial charge in [0.2, 0.25) is 5.95 Å². The summed E-state index contributed by atoms with van der Waals surface area (Å²) in [6.07, 6.45) is -0.0913. The topological polar surface area (TPSA) is 92.4 Å². The summed E-state index contributed by atoms with van der Waals surface area (Å²) >= 11 is 0. The molecule has 3 N–H and O–H groups in total. The zero-order chi connectivity index (χ0) is 25.0. The average Bonchev–Trinajstić information content (AvgIpc) is 3.36. The highest BCUT2D eigenvalue weighted by Gasteiger charge is 2.31. The Kier molecular flexibility index (Phi) is 7.44. The number of benzene rings is 1. The summed E-state index contributed by atoms with van der Waals surface area (Å²) in [5.74, 6) is 1.99. The second-order valence-corrected chi connectivity index (χ2v) is 8.68. The molecule has 3 aromatic rings. The third-order valence-electron chi connectivity index (χ3n) is 6.01. The highest BCUT2D eigenvalue weighted by Crippen LogP contribution is 2.32. The molecule has 0 amide bonds. The number of pyridine rings is 1. The number of likely N-dealkylation sites (N-methyl/N-ethyl adjacent to an activating group) is 1. The molecule has 1 saturated heterocycles. The van der Waals surface area contributed by atoms with E-state index in [2.05, 4.69) is 20.2 Å². The molecule has 11 heteroatoms. The first-order chi connectivity index (χ1) is 16.7. The zero-order valence-electron chi connectivity index (χ0n) is 19.9. The SMILES string of the molecule is COCCN(C)c1nc(NCCc2cc(N)cc(C(F)(F)F)c2)c2cc(N3CCCC3)ncc2n1. The highest BCUT2D eigenvalue weighted by atomic mass is 19.4. The predicted octanol–water partition coefficient (Wildman–Crippen LogP) is 3.96. The number of anilines is 4. The number of aromatic nitrogens is 3. The lowest BCUT2D eigenvalue weighted by Gasteiger charge is -2.20. The molecule has 0 spiro atoms. The van der Waals surface area contributed by atoms with Crippen LogP contribution < -0.4 is 20.9 Å². The minimum Gasteiger partial charge on any atom is -0.399 e. The van der Waals surface area contributed by atoms with Crippen molar-refractivity contribution in [2.24, 2.45) is 0 Å². The van der Waals surface area contributed by atoms with Gasteiger partial charge < -0.3 is 25.6 Å². The number of nitrogens with zero attached hydrogens (tertiary/aromatic N) is 5. The predicted molar refractivity (Wildman–Crippen MR) is 132 cm³/mol. The molecule has 0 radical (unpaired) electrons. The van der Waals surface area contributed by atoms with E-state index in [9.17, 15) is 13.2 Å². The third-order valence-corrected chi connectivity index (χ3v) is 6.01. The van der Waals surface area contributed by atoms with E-state index < -0.39 is 11.7 Å². The van der Waals surface area contributed by atoms with Crippen molar-refractivity contribution in [3.8, 4) is 0 Å². The summed E-state index contributed by atoms with van der Waals surface area (Å²) < 4.78 is 44.7. The van der Waals surface area contributed by atoms with Gasteiger partial charge in [0, 0.05) is 51.4 Å². The summed E-state index contributed by atoms with van der Waals surface area (Å²) in [5, 5.41) is 4.12. The van der Waals surface area contributed by atoms with Gasteiger partial charge in [-0.15, -0.1) is 0 Å². The summed E-state index contributed by atoms with van der Waals surface area (Å²) in [6, 6.07) is 5.62. The second kappa shape index (κ2) is 10.5. The van der Waals surface area contributed by atoms with Crippen molar-refractivity contribution in [3.05, 3.63) is 41.6 Å². The fourth-order valence-corrected chi connectivity index (χ4v) is 4.11. The van der Waals surface area contributed by atoms with E-state index >= 15 is 0 Å². The molecule has 1 aromatic carbocycles. The molecule has 188 valence electrons. The minimum absolute atomic E-state index is 0.0886. The normalized spacial score (nSPS) is 14.0. The van der Waals surface area contributed by atoms with Crippen molar-refractivity contribution < 1.29 is 17.9 Å². The van der Waals surface area contributed by atoms with Gasteiger partial charge in [-0.05, 0) is 49.1 Å². The molecule has 0 atom stereocenters. The van der Waals surface area contributed by atoms with Crippen LogP contribution in [-0.4, -0.2) is 61.9 Å². The van der Waals surface area contributed by atoms with E-state index in [1.165, 1.54) is 0 Å². The van der Waals surface area contributed by atoms with Crippen molar-refractivity contribution in [2.45, 2.75) is 25.4 Å². The Labute approximate surface area is 202 Å². The van der Waals surface area contributed by atoms with Crippen molar-refractivity contribution in [2.75, 3.05) is 67.8 Å². The Morgan fingerprint density at radius 3 is 2.63 bits per heavy atom. The van der Waals surface area contributed by atoms with Gasteiger partial charge in [0.1, 0.15) is 11.6 Å². The molecule has 1 aliphatic rings. The van der Waals surface area contributed by atoms with Gasteiger partial charge in [-0.25, -0.2) is 9.97 Å². The first kappa shape index (κ1) is 24.8. The maximum absolute atomic E-state index is 13.2. The molecular formula is C24H30F3N7O. The maximum Gasteiger partial charge on any atom is 0.416 e. The first-order valence-electron chi connectivity index (χ1n) is 11.6. The van der Waals surface area contributed by atoms with Crippen molar-refractivity contribution in [3.63, 3.8) is 0 Å². The maximum atomic E-state index is 13.2. The van der Waals surface area contributed by atoms with Gasteiger partial charge in [-0.1, -0.05) is 0 Å². The van der Waals surface area contributed by atoms with Crippen LogP contribution in [0.4, 0.5) is 36.4 Å². The summed E-state index contributed by atoms with van der Waals surface area (Å²) in [6.45, 7) is 3.40. The lowest BCUT2D eigenvalue weighted by molar-refractivity contribution is -0.137. The molecule has 0 saturated carbocycles. The zero-order valence-corrected chi connectivity index (χ0v) is 19.9. The van der Waals surface area contributed by atoms with Crippen LogP contribution in [0.25, 0.3) is 10.9 Å². The number of hydrogen-bond donors (Lipinski definition) is 2. The van der Waals surface area contributed by atoms with Crippen LogP contribution in [0.15, 0.2) is 30.5 Å². The summed E-state index contributed by atoms with van der Waals surface area (Å²) in [7, 11) is 3.51. The van der Waals surface area contributed by atoms with E-state index in [-0.39, 0.29) is 5.69 Å². The van der Waals surface area contributed by atoms with Crippen LogP contribution in [0, 0.1) is 0 Å². The molecule has 2 aromatic heterocycles. The van der Waals surface area contributed by atoms with E-state index in [0.29, 0.717) is 49.0 Å². The standard InChI is InChI=1S/C24H30F3N7O/c1-33(9-10-35-2)23-31-20-15-30-21(34-7-3-4-8-34)14-19(20)22(32-23)29-6-5-16-11-17(24(25,26)27)13-18(28)12-16/h11-15H,3-10,28H2,1-2H3,(H,29,31,32). The molecule has 0 unspecified atom stereocenters.